The number of Topliss-reactive ketones (excluding diaryl/α,β-unsaturated/α-hetero) is 1. The number of nitrogens with one attached hydrogen (secondary N) is 1. The van der Waals surface area contributed by atoms with E-state index in [1.165, 1.54) is 0 Å². The Bertz CT molecular complexity index is 353. The standard InChI is InChI=1S/C12H19N3O/c1-2-7-15-8-6-14-12(15)9-11(16)10-4-3-5-13-10/h6,8,10,13H,2-5,7,9H2,1H3. The van der Waals surface area contributed by atoms with Crippen LogP contribution in [0.5, 0.6) is 0 Å². The highest BCUT2D eigenvalue weighted by molar-refractivity contribution is 5.85. The zero-order valence-electron chi connectivity index (χ0n) is 9.78. The van der Waals surface area contributed by atoms with E-state index in [-0.39, 0.29) is 11.8 Å². The predicted octanol–water partition coefficient (Wildman–Crippen LogP) is 1.16. The maximum atomic E-state index is 12.0. The summed E-state index contributed by atoms with van der Waals surface area (Å²) in [5.74, 6) is 1.18. The number of carbonyl (C=O) groups is 1. The fraction of sp³-hybridized carbons (Fsp3) is 0.667. The SMILES string of the molecule is CCCn1ccnc1CC(=O)C1CCCN1. The molecule has 1 saturated heterocycles. The summed E-state index contributed by atoms with van der Waals surface area (Å²) in [6.07, 6.45) is 7.35. The van der Waals surface area contributed by atoms with Gasteiger partial charge in [-0.15, -0.1) is 0 Å². The fourth-order valence-corrected chi connectivity index (χ4v) is 2.19. The van der Waals surface area contributed by atoms with E-state index in [1.54, 1.807) is 6.20 Å². The molecule has 1 aliphatic heterocycles. The van der Waals surface area contributed by atoms with Crippen LogP contribution in [0.3, 0.4) is 0 Å². The Morgan fingerprint density at radius 3 is 3.25 bits per heavy atom. The molecule has 2 heterocycles. The topological polar surface area (TPSA) is 46.9 Å². The number of imidazole rings is 1. The summed E-state index contributed by atoms with van der Waals surface area (Å²) in [6, 6.07) is 0.0618. The Hall–Kier alpha value is -1.16. The molecule has 0 radical (unpaired) electrons. The van der Waals surface area contributed by atoms with Gasteiger partial charge in [-0.05, 0) is 25.8 Å². The second-order valence-corrected chi connectivity index (χ2v) is 4.33. The quantitative estimate of drug-likeness (QED) is 0.811. The van der Waals surface area contributed by atoms with Crippen molar-refractivity contribution in [1.29, 1.82) is 0 Å². The molecule has 0 bridgehead atoms. The Balaban J connectivity index is 1.96. The van der Waals surface area contributed by atoms with E-state index < -0.39 is 0 Å². The summed E-state index contributed by atoms with van der Waals surface area (Å²) in [5.41, 5.74) is 0. The van der Waals surface area contributed by atoms with Gasteiger partial charge in [-0.3, -0.25) is 4.79 Å². The normalized spacial score (nSPS) is 20.2. The monoisotopic (exact) mass is 221 g/mol. The Kier molecular flexibility index (Phi) is 3.72. The summed E-state index contributed by atoms with van der Waals surface area (Å²) in [4.78, 5) is 16.2. The van der Waals surface area contributed by atoms with Crippen molar-refractivity contribution in [1.82, 2.24) is 14.9 Å². The largest absolute Gasteiger partial charge is 0.335 e. The molecule has 1 aliphatic rings. The average molecular weight is 221 g/mol. The van der Waals surface area contributed by atoms with Crippen LogP contribution in [-0.2, 0) is 17.8 Å². The number of hydrogen-bond donors (Lipinski definition) is 1. The summed E-state index contributed by atoms with van der Waals surface area (Å²) in [5, 5.41) is 3.23. The van der Waals surface area contributed by atoms with Crippen LogP contribution in [0.25, 0.3) is 0 Å². The second kappa shape index (κ2) is 5.25. The number of hydrogen-bond acceptors (Lipinski definition) is 3. The molecule has 16 heavy (non-hydrogen) atoms. The van der Waals surface area contributed by atoms with Crippen LogP contribution in [0.1, 0.15) is 32.0 Å². The molecule has 0 saturated carbocycles. The summed E-state index contributed by atoms with van der Waals surface area (Å²) >= 11 is 0. The average Bonchev–Trinajstić information content (AvgIpc) is 2.90. The van der Waals surface area contributed by atoms with E-state index in [4.69, 9.17) is 0 Å². The molecule has 2 rings (SSSR count). The molecule has 4 nitrogen and oxygen atoms in total. The fourth-order valence-electron chi connectivity index (χ4n) is 2.19. The van der Waals surface area contributed by atoms with Gasteiger partial charge in [0.15, 0.2) is 5.78 Å². The Morgan fingerprint density at radius 1 is 1.69 bits per heavy atom. The molecule has 0 amide bonds. The van der Waals surface area contributed by atoms with Crippen molar-refractivity contribution in [3.05, 3.63) is 18.2 Å². The van der Waals surface area contributed by atoms with Gasteiger partial charge in [0.25, 0.3) is 0 Å². The summed E-state index contributed by atoms with van der Waals surface area (Å²) < 4.78 is 2.08. The van der Waals surface area contributed by atoms with Crippen LogP contribution in [0, 0.1) is 0 Å². The number of aryl methyl sites for hydroxylation is 1. The third kappa shape index (κ3) is 2.50. The van der Waals surface area contributed by atoms with E-state index >= 15 is 0 Å². The van der Waals surface area contributed by atoms with Gasteiger partial charge in [0.05, 0.1) is 12.5 Å². The number of aromatic nitrogens is 2. The summed E-state index contributed by atoms with van der Waals surface area (Å²) in [7, 11) is 0. The third-order valence-electron chi connectivity index (χ3n) is 3.05. The number of nitrogens with zero attached hydrogens (tertiary/aromatic N) is 2. The second-order valence-electron chi connectivity index (χ2n) is 4.33. The molecule has 0 aromatic carbocycles. The molecule has 1 aromatic heterocycles. The van der Waals surface area contributed by atoms with E-state index in [1.807, 2.05) is 6.20 Å². The van der Waals surface area contributed by atoms with Crippen LogP contribution in [0.2, 0.25) is 0 Å². The van der Waals surface area contributed by atoms with Gasteiger partial charge in [0.2, 0.25) is 0 Å². The van der Waals surface area contributed by atoms with E-state index in [9.17, 15) is 4.79 Å². The minimum Gasteiger partial charge on any atom is -0.335 e. The van der Waals surface area contributed by atoms with Crippen LogP contribution < -0.4 is 5.32 Å². The van der Waals surface area contributed by atoms with Crippen molar-refractivity contribution < 1.29 is 4.79 Å². The zero-order chi connectivity index (χ0) is 11.4. The highest BCUT2D eigenvalue weighted by Crippen LogP contribution is 2.09. The first kappa shape index (κ1) is 11.3. The molecule has 0 aliphatic carbocycles. The van der Waals surface area contributed by atoms with Gasteiger partial charge in [0, 0.05) is 18.9 Å². The lowest BCUT2D eigenvalue weighted by Gasteiger charge is -2.10. The summed E-state index contributed by atoms with van der Waals surface area (Å²) in [6.45, 7) is 4.05. The van der Waals surface area contributed by atoms with Crippen molar-refractivity contribution in [2.75, 3.05) is 6.54 Å². The Morgan fingerprint density at radius 2 is 2.56 bits per heavy atom. The maximum absolute atomic E-state index is 12.0. The maximum Gasteiger partial charge on any atom is 0.157 e. The van der Waals surface area contributed by atoms with Crippen molar-refractivity contribution in [2.45, 2.75) is 45.2 Å². The lowest BCUT2D eigenvalue weighted by atomic mass is 10.1. The molecule has 0 spiro atoms. The van der Waals surface area contributed by atoms with E-state index in [0.29, 0.717) is 6.42 Å². The molecule has 1 aromatic rings. The molecule has 1 atom stereocenters. The smallest absolute Gasteiger partial charge is 0.157 e. The number of ketones is 1. The Labute approximate surface area is 96.1 Å². The van der Waals surface area contributed by atoms with Crippen LogP contribution in [-0.4, -0.2) is 27.9 Å². The van der Waals surface area contributed by atoms with Crippen LogP contribution in [0.15, 0.2) is 12.4 Å². The van der Waals surface area contributed by atoms with Crippen molar-refractivity contribution >= 4 is 5.78 Å². The molecule has 1 unspecified atom stereocenters. The first-order valence-corrected chi connectivity index (χ1v) is 6.07. The van der Waals surface area contributed by atoms with Gasteiger partial charge in [0.1, 0.15) is 5.82 Å². The van der Waals surface area contributed by atoms with Crippen LogP contribution in [0.4, 0.5) is 0 Å². The van der Waals surface area contributed by atoms with Gasteiger partial charge in [-0.2, -0.15) is 0 Å². The van der Waals surface area contributed by atoms with Gasteiger partial charge in [-0.25, -0.2) is 4.98 Å². The highest BCUT2D eigenvalue weighted by Gasteiger charge is 2.23. The highest BCUT2D eigenvalue weighted by atomic mass is 16.1. The van der Waals surface area contributed by atoms with Crippen LogP contribution >= 0.6 is 0 Å². The first-order chi connectivity index (χ1) is 7.81. The minimum atomic E-state index is 0.0618. The van der Waals surface area contributed by atoms with E-state index in [0.717, 1.165) is 38.2 Å². The number of carbonyl (C=O) groups excluding carboxylic acids is 1. The lowest BCUT2D eigenvalue weighted by molar-refractivity contribution is -0.120. The molecule has 1 fully saturated rings. The number of rotatable bonds is 5. The van der Waals surface area contributed by atoms with Gasteiger partial charge in [-0.1, -0.05) is 6.92 Å². The predicted molar refractivity (Wildman–Crippen MR) is 62.3 cm³/mol. The zero-order valence-corrected chi connectivity index (χ0v) is 9.78. The molecular formula is C12H19N3O. The molecule has 4 heteroatoms. The molecule has 88 valence electrons. The van der Waals surface area contributed by atoms with Crippen molar-refractivity contribution in [3.63, 3.8) is 0 Å². The lowest BCUT2D eigenvalue weighted by Crippen LogP contribution is -2.32. The third-order valence-corrected chi connectivity index (χ3v) is 3.05. The van der Waals surface area contributed by atoms with Gasteiger partial charge >= 0.3 is 0 Å². The molecule has 1 N–H and O–H groups in total. The van der Waals surface area contributed by atoms with E-state index in [2.05, 4.69) is 21.8 Å². The minimum absolute atomic E-state index is 0.0618. The molecular weight excluding hydrogens is 202 g/mol. The van der Waals surface area contributed by atoms with Crippen molar-refractivity contribution in [3.8, 4) is 0 Å². The first-order valence-electron chi connectivity index (χ1n) is 6.07. The van der Waals surface area contributed by atoms with Crippen molar-refractivity contribution in [2.24, 2.45) is 0 Å². The van der Waals surface area contributed by atoms with Gasteiger partial charge < -0.3 is 9.88 Å².